The number of hydrogen-bond acceptors (Lipinski definition) is 6. The van der Waals surface area contributed by atoms with Crippen molar-refractivity contribution in [2.24, 2.45) is 0 Å². The molecule has 0 N–H and O–H groups in total. The van der Waals surface area contributed by atoms with Gasteiger partial charge in [-0.3, -0.25) is 8.37 Å². The third-order valence-electron chi connectivity index (χ3n) is 4.82. The average Bonchev–Trinajstić information content (AvgIpc) is 2.77. The SMILES string of the molecule is O=S(=O)(CCC(F)(F)C(F)(F)C(F)(F)C(F)(F)F)OCCCCOS(=O)(=O)CCC(F)(F)C(F)(F)C(F)(F)C(F)(F)F. The Hall–Kier alpha value is -1.44. The molecule has 0 saturated carbocycles. The summed E-state index contributed by atoms with van der Waals surface area (Å²) in [5.74, 6) is -45.7. The molecular weight excluding hydrogens is 694 g/mol. The number of alkyl halides is 18. The van der Waals surface area contributed by atoms with Gasteiger partial charge in [0.25, 0.3) is 20.2 Å². The zero-order chi connectivity index (χ0) is 34.1. The zero-order valence-electron chi connectivity index (χ0n) is 19.7. The molecule has 6 nitrogen and oxygen atoms in total. The van der Waals surface area contributed by atoms with Crippen LogP contribution in [0, 0.1) is 0 Å². The van der Waals surface area contributed by atoms with E-state index in [1.165, 1.54) is 0 Å². The van der Waals surface area contributed by atoms with Gasteiger partial charge >= 0.3 is 47.9 Å². The van der Waals surface area contributed by atoms with E-state index in [1.54, 1.807) is 0 Å². The number of halogens is 18. The largest absolute Gasteiger partial charge is 0.460 e. The van der Waals surface area contributed by atoms with Gasteiger partial charge in [0.05, 0.1) is 24.7 Å². The number of hydrogen-bond donors (Lipinski definition) is 0. The van der Waals surface area contributed by atoms with Gasteiger partial charge < -0.3 is 0 Å². The standard InChI is InChI=1S/C16H16F18O6S2/c17-9(18,11(21,22)13(25,26)15(29,30)31)3-7-41(35,36)39-5-1-2-6-40-42(37,38)8-4-10(19,20)12(23,24)14(27,28)16(32,33)34/h1-8H2. The van der Waals surface area contributed by atoms with Gasteiger partial charge in [-0.05, 0) is 12.8 Å². The van der Waals surface area contributed by atoms with E-state index in [0.29, 0.717) is 0 Å². The van der Waals surface area contributed by atoms with Crippen molar-refractivity contribution in [1.82, 2.24) is 0 Å². The quantitative estimate of drug-likeness (QED) is 0.102. The van der Waals surface area contributed by atoms with Crippen molar-refractivity contribution in [2.75, 3.05) is 24.7 Å². The highest BCUT2D eigenvalue weighted by Gasteiger charge is 2.82. The van der Waals surface area contributed by atoms with Crippen molar-refractivity contribution in [3.8, 4) is 0 Å². The normalized spacial score (nSPS) is 15.8. The van der Waals surface area contributed by atoms with E-state index in [9.17, 15) is 95.9 Å². The smallest absolute Gasteiger partial charge is 0.270 e. The maximum atomic E-state index is 13.4. The van der Waals surface area contributed by atoms with Crippen molar-refractivity contribution < 1.29 is 104 Å². The monoisotopic (exact) mass is 710 g/mol. The van der Waals surface area contributed by atoms with Crippen LogP contribution in [0.15, 0.2) is 0 Å². The Morgan fingerprint density at radius 3 is 0.857 bits per heavy atom. The Kier molecular flexibility index (Phi) is 12.1. The summed E-state index contributed by atoms with van der Waals surface area (Å²) in [7, 11) is -10.7. The maximum absolute atomic E-state index is 13.4. The van der Waals surface area contributed by atoms with Gasteiger partial charge in [-0.1, -0.05) is 0 Å². The highest BCUT2D eigenvalue weighted by molar-refractivity contribution is 7.86. The summed E-state index contributed by atoms with van der Waals surface area (Å²) in [6.07, 6.45) is -21.3. The molecule has 0 aliphatic rings. The number of unbranched alkanes of at least 4 members (excludes halogenated alkanes) is 1. The Balaban J connectivity index is 4.86. The molecule has 0 saturated heterocycles. The second kappa shape index (κ2) is 12.5. The second-order valence-electron chi connectivity index (χ2n) is 8.08. The summed E-state index contributed by atoms with van der Waals surface area (Å²) < 4.78 is 283. The summed E-state index contributed by atoms with van der Waals surface area (Å²) in [4.78, 5) is 0. The van der Waals surface area contributed by atoms with Crippen LogP contribution in [0.3, 0.4) is 0 Å². The van der Waals surface area contributed by atoms with Crippen molar-refractivity contribution in [1.29, 1.82) is 0 Å². The van der Waals surface area contributed by atoms with Crippen LogP contribution in [-0.4, -0.2) is 89.4 Å². The number of rotatable bonds is 17. The molecule has 0 heterocycles. The van der Waals surface area contributed by atoms with E-state index in [4.69, 9.17) is 0 Å². The fourth-order valence-electron chi connectivity index (χ4n) is 2.33. The van der Waals surface area contributed by atoms with E-state index in [1.807, 2.05) is 0 Å². The van der Waals surface area contributed by atoms with Crippen molar-refractivity contribution in [2.45, 2.75) is 73.6 Å². The van der Waals surface area contributed by atoms with Crippen LogP contribution in [-0.2, 0) is 28.6 Å². The maximum Gasteiger partial charge on any atom is 0.460 e. The van der Waals surface area contributed by atoms with Gasteiger partial charge in [-0.25, -0.2) is 0 Å². The Morgan fingerprint density at radius 2 is 0.643 bits per heavy atom. The van der Waals surface area contributed by atoms with Gasteiger partial charge in [0, 0.05) is 12.8 Å². The van der Waals surface area contributed by atoms with Gasteiger partial charge in [-0.15, -0.1) is 0 Å². The highest BCUT2D eigenvalue weighted by atomic mass is 32.2. The summed E-state index contributed by atoms with van der Waals surface area (Å²) in [6.45, 7) is -2.30. The molecule has 42 heavy (non-hydrogen) atoms. The lowest BCUT2D eigenvalue weighted by Gasteiger charge is -2.33. The lowest BCUT2D eigenvalue weighted by molar-refractivity contribution is -0.396. The fraction of sp³-hybridized carbons (Fsp3) is 1.00. The Morgan fingerprint density at radius 1 is 0.405 bits per heavy atom. The van der Waals surface area contributed by atoms with Crippen LogP contribution in [0.1, 0.15) is 25.7 Å². The minimum Gasteiger partial charge on any atom is -0.270 e. The lowest BCUT2D eigenvalue weighted by atomic mass is 10.0. The molecular formula is C16H16F18O6S2. The zero-order valence-corrected chi connectivity index (χ0v) is 21.4. The molecule has 26 heteroatoms. The Labute approximate surface area is 223 Å². The minimum atomic E-state index is -7.28. The fourth-order valence-corrected chi connectivity index (χ4v) is 4.32. The Bertz CT molecular complexity index is 1020. The summed E-state index contributed by atoms with van der Waals surface area (Å²) >= 11 is 0. The third kappa shape index (κ3) is 9.04. The van der Waals surface area contributed by atoms with Crippen LogP contribution in [0.4, 0.5) is 79.0 Å². The third-order valence-corrected chi connectivity index (χ3v) is 7.28. The molecule has 0 fully saturated rings. The molecule has 0 spiro atoms. The molecule has 0 aliphatic heterocycles. The van der Waals surface area contributed by atoms with E-state index in [-0.39, 0.29) is 0 Å². The van der Waals surface area contributed by atoms with Crippen LogP contribution in [0.5, 0.6) is 0 Å². The van der Waals surface area contributed by atoms with Gasteiger partial charge in [0.15, 0.2) is 0 Å². The molecule has 254 valence electrons. The van der Waals surface area contributed by atoms with Gasteiger partial charge in [-0.2, -0.15) is 95.9 Å². The summed E-state index contributed by atoms with van der Waals surface area (Å²) in [6, 6.07) is 0. The van der Waals surface area contributed by atoms with Gasteiger partial charge in [0.2, 0.25) is 0 Å². The first kappa shape index (κ1) is 40.6. The van der Waals surface area contributed by atoms with Crippen LogP contribution < -0.4 is 0 Å². The van der Waals surface area contributed by atoms with Crippen molar-refractivity contribution >= 4 is 20.2 Å². The van der Waals surface area contributed by atoms with E-state index >= 15 is 0 Å². The predicted molar refractivity (Wildman–Crippen MR) is 99.7 cm³/mol. The van der Waals surface area contributed by atoms with E-state index < -0.39 is 119 Å². The molecule has 0 bridgehead atoms. The second-order valence-corrected chi connectivity index (χ2v) is 11.6. The highest BCUT2D eigenvalue weighted by Crippen LogP contribution is 2.55. The first-order chi connectivity index (χ1) is 18.1. The molecule has 0 aliphatic carbocycles. The molecule has 0 atom stereocenters. The van der Waals surface area contributed by atoms with Crippen LogP contribution in [0.25, 0.3) is 0 Å². The average molecular weight is 710 g/mol. The first-order valence-corrected chi connectivity index (χ1v) is 13.4. The molecule has 0 rings (SSSR count). The van der Waals surface area contributed by atoms with Gasteiger partial charge in [0.1, 0.15) is 0 Å². The van der Waals surface area contributed by atoms with Crippen LogP contribution in [0.2, 0.25) is 0 Å². The molecule has 0 unspecified atom stereocenters. The van der Waals surface area contributed by atoms with Crippen LogP contribution >= 0.6 is 0 Å². The molecule has 0 amide bonds. The topological polar surface area (TPSA) is 86.7 Å². The minimum absolute atomic E-state index is 0.695. The molecule has 0 aromatic heterocycles. The summed E-state index contributed by atoms with van der Waals surface area (Å²) in [5, 5.41) is 0. The first-order valence-electron chi connectivity index (χ1n) is 10.3. The van der Waals surface area contributed by atoms with Crippen molar-refractivity contribution in [3.63, 3.8) is 0 Å². The molecule has 0 radical (unpaired) electrons. The van der Waals surface area contributed by atoms with E-state index in [0.717, 1.165) is 0 Å². The molecule has 0 aromatic rings. The molecule has 0 aromatic carbocycles. The lowest BCUT2D eigenvalue weighted by Crippen LogP contribution is -2.61. The van der Waals surface area contributed by atoms with Crippen molar-refractivity contribution in [3.05, 3.63) is 0 Å². The summed E-state index contributed by atoms with van der Waals surface area (Å²) in [5.41, 5.74) is 0. The predicted octanol–water partition coefficient (Wildman–Crippen LogP) is 6.18. The van der Waals surface area contributed by atoms with E-state index in [2.05, 4.69) is 8.37 Å².